The summed E-state index contributed by atoms with van der Waals surface area (Å²) in [6.45, 7) is 3.15. The molecule has 2 rings (SSSR count). The lowest BCUT2D eigenvalue weighted by Gasteiger charge is -2.33. The number of phenols is 1. The average molecular weight is 283 g/mol. The fourth-order valence-electron chi connectivity index (χ4n) is 2.42. The zero-order valence-electron chi connectivity index (χ0n) is 11.0. The molecule has 1 aliphatic rings. The third-order valence-electron chi connectivity index (χ3n) is 3.45. The van der Waals surface area contributed by atoms with E-state index in [0.29, 0.717) is 16.8 Å². The number of rotatable bonds is 3. The molecular weight excluding hydrogens is 264 g/mol. The van der Waals surface area contributed by atoms with Crippen LogP contribution in [0, 0.1) is 0 Å². The molecule has 0 unspecified atom stereocenters. The molecule has 0 saturated carbocycles. The van der Waals surface area contributed by atoms with E-state index in [-0.39, 0.29) is 18.2 Å². The van der Waals surface area contributed by atoms with Crippen LogP contribution in [0.1, 0.15) is 26.2 Å². The molecule has 1 fully saturated rings. The van der Waals surface area contributed by atoms with E-state index in [2.05, 4.69) is 12.2 Å². The van der Waals surface area contributed by atoms with Crippen LogP contribution in [0.15, 0.2) is 18.2 Å². The molecule has 5 heteroatoms. The number of likely N-dealkylation sites (tertiary alicyclic amines) is 1. The van der Waals surface area contributed by atoms with Crippen molar-refractivity contribution < 1.29 is 9.90 Å². The molecule has 1 aliphatic heterocycles. The molecule has 0 spiro atoms. The van der Waals surface area contributed by atoms with E-state index in [9.17, 15) is 9.90 Å². The van der Waals surface area contributed by atoms with Gasteiger partial charge in [0.1, 0.15) is 5.75 Å². The normalized spacial score (nSPS) is 19.3. The molecule has 2 N–H and O–H groups in total. The monoisotopic (exact) mass is 282 g/mol. The Kier molecular flexibility index (Phi) is 4.53. The van der Waals surface area contributed by atoms with Gasteiger partial charge in [0.25, 0.3) is 0 Å². The Morgan fingerprint density at radius 3 is 2.95 bits per heavy atom. The maximum Gasteiger partial charge on any atom is 0.242 e. The lowest BCUT2D eigenvalue weighted by Crippen LogP contribution is -2.44. The fraction of sp³-hybridized carbons (Fsp3) is 0.500. The SMILES string of the molecule is C[C@@H]1CCCCN1C(=O)CNc1cc(O)cc(Cl)c1. The average Bonchev–Trinajstić information content (AvgIpc) is 2.35. The van der Waals surface area contributed by atoms with E-state index in [0.717, 1.165) is 19.4 Å². The summed E-state index contributed by atoms with van der Waals surface area (Å²) in [5.41, 5.74) is 0.656. The number of hydrogen-bond donors (Lipinski definition) is 2. The van der Waals surface area contributed by atoms with E-state index in [1.165, 1.54) is 12.5 Å². The Hall–Kier alpha value is -1.42. The van der Waals surface area contributed by atoms with Crippen molar-refractivity contribution in [3.8, 4) is 5.75 Å². The molecule has 0 radical (unpaired) electrons. The highest BCUT2D eigenvalue weighted by Crippen LogP contribution is 2.23. The zero-order chi connectivity index (χ0) is 13.8. The number of phenolic OH excluding ortho intramolecular Hbond substituents is 1. The molecule has 1 aromatic carbocycles. The fourth-order valence-corrected chi connectivity index (χ4v) is 2.65. The second kappa shape index (κ2) is 6.15. The summed E-state index contributed by atoms with van der Waals surface area (Å²) in [6, 6.07) is 5.02. The van der Waals surface area contributed by atoms with Crippen LogP contribution in [0.2, 0.25) is 5.02 Å². The third-order valence-corrected chi connectivity index (χ3v) is 3.67. The summed E-state index contributed by atoms with van der Waals surface area (Å²) in [5, 5.41) is 12.9. The number of benzene rings is 1. The van der Waals surface area contributed by atoms with Gasteiger partial charge >= 0.3 is 0 Å². The molecule has 1 aromatic rings. The molecule has 4 nitrogen and oxygen atoms in total. The van der Waals surface area contributed by atoms with Gasteiger partial charge in [-0.05, 0) is 38.3 Å². The number of hydrogen-bond acceptors (Lipinski definition) is 3. The first-order chi connectivity index (χ1) is 9.06. The quantitative estimate of drug-likeness (QED) is 0.896. The second-order valence-electron chi connectivity index (χ2n) is 4.98. The Balaban J connectivity index is 1.92. The van der Waals surface area contributed by atoms with Gasteiger partial charge in [0, 0.05) is 29.4 Å². The standard InChI is InChI=1S/C14H19ClN2O2/c1-10-4-2-3-5-17(10)14(19)9-16-12-6-11(15)7-13(18)8-12/h6-8,10,16,18H,2-5,9H2,1H3/t10-/m1/s1. The molecule has 104 valence electrons. The Bertz CT molecular complexity index is 445. The predicted octanol–water partition coefficient (Wildman–Crippen LogP) is 2.86. The molecule has 1 amide bonds. The van der Waals surface area contributed by atoms with Gasteiger partial charge in [-0.1, -0.05) is 11.6 Å². The highest BCUT2D eigenvalue weighted by molar-refractivity contribution is 6.31. The van der Waals surface area contributed by atoms with Crippen molar-refractivity contribution in [3.05, 3.63) is 23.2 Å². The minimum absolute atomic E-state index is 0.0895. The Morgan fingerprint density at radius 2 is 2.26 bits per heavy atom. The van der Waals surface area contributed by atoms with Crippen molar-refractivity contribution in [1.82, 2.24) is 4.90 Å². The van der Waals surface area contributed by atoms with Crippen molar-refractivity contribution in [1.29, 1.82) is 0 Å². The van der Waals surface area contributed by atoms with E-state index in [1.807, 2.05) is 4.90 Å². The van der Waals surface area contributed by atoms with Gasteiger partial charge in [0.15, 0.2) is 0 Å². The summed E-state index contributed by atoms with van der Waals surface area (Å²) < 4.78 is 0. The van der Waals surface area contributed by atoms with Crippen LogP contribution >= 0.6 is 11.6 Å². The largest absolute Gasteiger partial charge is 0.508 e. The third kappa shape index (κ3) is 3.77. The number of nitrogens with zero attached hydrogens (tertiary/aromatic N) is 1. The Morgan fingerprint density at radius 1 is 1.47 bits per heavy atom. The summed E-state index contributed by atoms with van der Waals surface area (Å²) in [5.74, 6) is 0.181. The number of amides is 1. The van der Waals surface area contributed by atoms with Crippen molar-refractivity contribution in [2.75, 3.05) is 18.4 Å². The predicted molar refractivity (Wildman–Crippen MR) is 76.6 cm³/mol. The lowest BCUT2D eigenvalue weighted by atomic mass is 10.0. The smallest absolute Gasteiger partial charge is 0.242 e. The van der Waals surface area contributed by atoms with E-state index < -0.39 is 0 Å². The van der Waals surface area contributed by atoms with Crippen LogP contribution in [0.3, 0.4) is 0 Å². The highest BCUT2D eigenvalue weighted by Gasteiger charge is 2.22. The van der Waals surface area contributed by atoms with Gasteiger partial charge in [-0.15, -0.1) is 0 Å². The zero-order valence-corrected chi connectivity index (χ0v) is 11.8. The van der Waals surface area contributed by atoms with Gasteiger partial charge in [0.2, 0.25) is 5.91 Å². The van der Waals surface area contributed by atoms with Crippen molar-refractivity contribution >= 4 is 23.2 Å². The van der Waals surface area contributed by atoms with Crippen LogP contribution in [0.5, 0.6) is 5.75 Å². The summed E-state index contributed by atoms with van der Waals surface area (Å²) in [7, 11) is 0. The molecule has 0 aromatic heterocycles. The first kappa shape index (κ1) is 14.0. The van der Waals surface area contributed by atoms with Gasteiger partial charge < -0.3 is 15.3 Å². The maximum atomic E-state index is 12.1. The number of anilines is 1. The van der Waals surface area contributed by atoms with E-state index in [1.54, 1.807) is 12.1 Å². The maximum absolute atomic E-state index is 12.1. The minimum atomic E-state index is 0.0895. The van der Waals surface area contributed by atoms with E-state index >= 15 is 0 Å². The van der Waals surface area contributed by atoms with Crippen LogP contribution in [0.25, 0.3) is 0 Å². The topological polar surface area (TPSA) is 52.6 Å². The molecule has 1 saturated heterocycles. The number of carbonyl (C=O) groups excluding carboxylic acids is 1. The lowest BCUT2D eigenvalue weighted by molar-refractivity contribution is -0.132. The van der Waals surface area contributed by atoms with Gasteiger partial charge in [0.05, 0.1) is 6.54 Å². The number of halogens is 1. The molecule has 1 heterocycles. The Labute approximate surface area is 118 Å². The number of nitrogens with one attached hydrogen (secondary N) is 1. The molecule has 19 heavy (non-hydrogen) atoms. The van der Waals surface area contributed by atoms with Crippen LogP contribution in [-0.4, -0.2) is 35.0 Å². The van der Waals surface area contributed by atoms with Gasteiger partial charge in [-0.3, -0.25) is 4.79 Å². The van der Waals surface area contributed by atoms with Gasteiger partial charge in [-0.25, -0.2) is 0 Å². The summed E-state index contributed by atoms with van der Waals surface area (Å²) in [4.78, 5) is 14.0. The molecule has 0 aliphatic carbocycles. The van der Waals surface area contributed by atoms with Crippen molar-refractivity contribution in [2.45, 2.75) is 32.2 Å². The number of aromatic hydroxyl groups is 1. The van der Waals surface area contributed by atoms with Crippen LogP contribution in [-0.2, 0) is 4.79 Å². The second-order valence-corrected chi connectivity index (χ2v) is 5.42. The first-order valence-electron chi connectivity index (χ1n) is 6.59. The number of carbonyl (C=O) groups is 1. The highest BCUT2D eigenvalue weighted by atomic mass is 35.5. The van der Waals surface area contributed by atoms with Crippen LogP contribution in [0.4, 0.5) is 5.69 Å². The minimum Gasteiger partial charge on any atom is -0.508 e. The molecule has 1 atom stereocenters. The summed E-state index contributed by atoms with van der Waals surface area (Å²) in [6.07, 6.45) is 3.35. The summed E-state index contributed by atoms with van der Waals surface area (Å²) >= 11 is 5.84. The van der Waals surface area contributed by atoms with Crippen LogP contribution < -0.4 is 5.32 Å². The molecular formula is C14H19ClN2O2. The molecule has 0 bridgehead atoms. The van der Waals surface area contributed by atoms with E-state index in [4.69, 9.17) is 11.6 Å². The van der Waals surface area contributed by atoms with Gasteiger partial charge in [-0.2, -0.15) is 0 Å². The number of piperidine rings is 1. The van der Waals surface area contributed by atoms with Crippen molar-refractivity contribution in [3.63, 3.8) is 0 Å². The van der Waals surface area contributed by atoms with Crippen molar-refractivity contribution in [2.24, 2.45) is 0 Å². The first-order valence-corrected chi connectivity index (χ1v) is 6.97.